The van der Waals surface area contributed by atoms with E-state index in [0.29, 0.717) is 0 Å². The molecule has 0 amide bonds. The summed E-state index contributed by atoms with van der Waals surface area (Å²) >= 11 is 0. The lowest BCUT2D eigenvalue weighted by Gasteiger charge is -2.18. The summed E-state index contributed by atoms with van der Waals surface area (Å²) in [5, 5.41) is 0. The van der Waals surface area contributed by atoms with Gasteiger partial charge >= 0.3 is 0 Å². The van der Waals surface area contributed by atoms with Gasteiger partial charge in [-0.15, -0.1) is 0 Å². The van der Waals surface area contributed by atoms with Gasteiger partial charge < -0.3 is 0 Å². The van der Waals surface area contributed by atoms with Gasteiger partial charge in [0, 0.05) is 0 Å². The number of hydrogen-bond acceptors (Lipinski definition) is 0. The summed E-state index contributed by atoms with van der Waals surface area (Å²) in [6, 6.07) is 8.30. The predicted octanol–water partition coefficient (Wildman–Crippen LogP) is 11.0. The number of benzene rings is 1. The maximum atomic E-state index is 4.03. The van der Waals surface area contributed by atoms with Gasteiger partial charge in [-0.2, -0.15) is 0 Å². The van der Waals surface area contributed by atoms with E-state index in [1.165, 1.54) is 16.7 Å². The van der Waals surface area contributed by atoms with Crippen molar-refractivity contribution in [3.05, 3.63) is 109 Å². The molecule has 0 bridgehead atoms. The Balaban J connectivity index is -0.000000407. The van der Waals surface area contributed by atoms with Crippen molar-refractivity contribution < 1.29 is 0 Å². The van der Waals surface area contributed by atoms with Crippen molar-refractivity contribution in [2.75, 3.05) is 0 Å². The first-order chi connectivity index (χ1) is 15.1. The highest BCUT2D eigenvalue weighted by Crippen LogP contribution is 2.34. The van der Waals surface area contributed by atoms with Crippen molar-refractivity contribution in [2.24, 2.45) is 0 Å². The Morgan fingerprint density at radius 3 is 1.71 bits per heavy atom. The van der Waals surface area contributed by atoms with Crippen molar-refractivity contribution in [2.45, 2.75) is 75.7 Å². The third-order valence-corrected chi connectivity index (χ3v) is 3.82. The molecule has 0 aliphatic rings. The van der Waals surface area contributed by atoms with E-state index in [9.17, 15) is 0 Å². The van der Waals surface area contributed by atoms with Crippen LogP contribution >= 0.6 is 0 Å². The van der Waals surface area contributed by atoms with E-state index >= 15 is 0 Å². The van der Waals surface area contributed by atoms with Gasteiger partial charge in [-0.25, -0.2) is 0 Å². The molecule has 0 aromatic heterocycles. The molecule has 0 heteroatoms. The Hall–Kier alpha value is -2.60. The standard InChI is InChI=1S/C23H26.4C2H6/c1-7-12-15-19(9-3)21(11-5)23(18(6)8-2)22-17-14-13-16-20(22)10-4;4*1-2/h7,9-17H,1,3-5,8H2,2,6H3;4*1-2H3/b15-12-,21-19+,23-18+;;;;. The van der Waals surface area contributed by atoms with Crippen LogP contribution in [0.5, 0.6) is 0 Å². The first-order valence-corrected chi connectivity index (χ1v) is 11.8. The van der Waals surface area contributed by atoms with Gasteiger partial charge in [-0.3, -0.25) is 0 Å². The van der Waals surface area contributed by atoms with Crippen LogP contribution < -0.4 is 0 Å². The molecule has 0 nitrogen and oxygen atoms in total. The van der Waals surface area contributed by atoms with E-state index < -0.39 is 0 Å². The molecule has 0 spiro atoms. The monoisotopic (exact) mass is 422 g/mol. The average Bonchev–Trinajstić information content (AvgIpc) is 2.88. The number of rotatable bonds is 8. The van der Waals surface area contributed by atoms with Crippen LogP contribution in [0, 0.1) is 0 Å². The summed E-state index contributed by atoms with van der Waals surface area (Å²) in [5.41, 5.74) is 6.89. The summed E-state index contributed by atoms with van der Waals surface area (Å²) in [6.07, 6.45) is 12.3. The molecule has 31 heavy (non-hydrogen) atoms. The van der Waals surface area contributed by atoms with Crippen molar-refractivity contribution >= 4 is 11.6 Å². The summed E-state index contributed by atoms with van der Waals surface area (Å²) in [5.74, 6) is 0. The van der Waals surface area contributed by atoms with E-state index in [0.717, 1.165) is 23.1 Å². The third-order valence-electron chi connectivity index (χ3n) is 3.82. The molecule has 174 valence electrons. The van der Waals surface area contributed by atoms with Crippen molar-refractivity contribution in [3.63, 3.8) is 0 Å². The van der Waals surface area contributed by atoms with E-state index in [2.05, 4.69) is 58.4 Å². The topological polar surface area (TPSA) is 0 Å². The third kappa shape index (κ3) is 13.3. The van der Waals surface area contributed by atoms with Crippen molar-refractivity contribution in [1.82, 2.24) is 0 Å². The minimum Gasteiger partial charge on any atom is -0.0991 e. The fraction of sp³-hybridized carbons (Fsp3) is 0.355. The van der Waals surface area contributed by atoms with E-state index in [1.54, 1.807) is 6.08 Å². The van der Waals surface area contributed by atoms with Gasteiger partial charge in [0.05, 0.1) is 0 Å². The molecule has 0 aliphatic heterocycles. The van der Waals surface area contributed by atoms with Gasteiger partial charge in [0.2, 0.25) is 0 Å². The van der Waals surface area contributed by atoms with E-state index in [1.807, 2.05) is 91.8 Å². The minimum atomic E-state index is 0.966. The SMILES string of the molecule is C=C\C=C/C(C=C)=C(C=C)/C(=C(/C)CC)c1ccccc1C=C.CC.CC.CC.CC. The Morgan fingerprint density at radius 2 is 1.32 bits per heavy atom. The van der Waals surface area contributed by atoms with Crippen molar-refractivity contribution in [1.29, 1.82) is 0 Å². The van der Waals surface area contributed by atoms with E-state index in [4.69, 9.17) is 0 Å². The fourth-order valence-corrected chi connectivity index (χ4v) is 2.49. The predicted molar refractivity (Wildman–Crippen MR) is 152 cm³/mol. The Kier molecular flexibility index (Phi) is 31.7. The molecule has 1 rings (SSSR count). The molecule has 1 aromatic rings. The molecule has 0 unspecified atom stereocenters. The molecule has 0 aliphatic carbocycles. The molecule has 0 saturated carbocycles. The molecule has 0 radical (unpaired) electrons. The molecular formula is C31H50. The lowest BCUT2D eigenvalue weighted by Crippen LogP contribution is -1.97. The highest BCUT2D eigenvalue weighted by Gasteiger charge is 2.13. The Morgan fingerprint density at radius 1 is 0.806 bits per heavy atom. The molecule has 0 atom stereocenters. The average molecular weight is 423 g/mol. The van der Waals surface area contributed by atoms with Gasteiger partial charge in [0.15, 0.2) is 0 Å². The second-order valence-corrected chi connectivity index (χ2v) is 5.17. The first kappa shape index (κ1) is 35.8. The van der Waals surface area contributed by atoms with Crippen LogP contribution in [0.15, 0.2) is 97.7 Å². The quantitative estimate of drug-likeness (QED) is 0.365. The largest absolute Gasteiger partial charge is 0.0991 e. The zero-order chi connectivity index (χ0) is 25.2. The number of hydrogen-bond donors (Lipinski definition) is 0. The number of allylic oxidation sites excluding steroid dienone is 9. The van der Waals surface area contributed by atoms with Gasteiger partial charge in [0.1, 0.15) is 0 Å². The van der Waals surface area contributed by atoms with Crippen LogP contribution in [-0.4, -0.2) is 0 Å². The molecule has 1 aromatic carbocycles. The highest BCUT2D eigenvalue weighted by molar-refractivity contribution is 5.89. The Bertz CT molecular complexity index is 691. The van der Waals surface area contributed by atoms with Gasteiger partial charge in [-0.05, 0) is 41.2 Å². The lowest BCUT2D eigenvalue weighted by molar-refractivity contribution is 1.10. The van der Waals surface area contributed by atoms with Crippen LogP contribution in [-0.2, 0) is 0 Å². The molecule has 0 heterocycles. The molecule has 0 saturated heterocycles. The normalized spacial score (nSPS) is 10.5. The van der Waals surface area contributed by atoms with Crippen LogP contribution in [0.3, 0.4) is 0 Å². The Labute approximate surface area is 196 Å². The fourth-order valence-electron chi connectivity index (χ4n) is 2.49. The van der Waals surface area contributed by atoms with Crippen LogP contribution in [0.4, 0.5) is 0 Å². The lowest BCUT2D eigenvalue weighted by atomic mass is 9.86. The molecule has 0 N–H and O–H groups in total. The molecule has 0 fully saturated rings. The summed E-state index contributed by atoms with van der Waals surface area (Å²) in [6.45, 7) is 36.0. The summed E-state index contributed by atoms with van der Waals surface area (Å²) in [4.78, 5) is 0. The molecular weight excluding hydrogens is 372 g/mol. The summed E-state index contributed by atoms with van der Waals surface area (Å²) in [7, 11) is 0. The maximum absolute atomic E-state index is 4.03. The minimum absolute atomic E-state index is 0.966. The first-order valence-electron chi connectivity index (χ1n) is 11.8. The van der Waals surface area contributed by atoms with Gasteiger partial charge in [-0.1, -0.05) is 155 Å². The van der Waals surface area contributed by atoms with E-state index in [-0.39, 0.29) is 0 Å². The van der Waals surface area contributed by atoms with Gasteiger partial charge in [0.25, 0.3) is 0 Å². The maximum Gasteiger partial charge on any atom is -0.0106 e. The van der Waals surface area contributed by atoms with Crippen LogP contribution in [0.25, 0.3) is 11.6 Å². The zero-order valence-corrected chi connectivity index (χ0v) is 22.3. The summed E-state index contributed by atoms with van der Waals surface area (Å²) < 4.78 is 0. The van der Waals surface area contributed by atoms with Crippen molar-refractivity contribution in [3.8, 4) is 0 Å². The smallest absolute Gasteiger partial charge is 0.0106 e. The second-order valence-electron chi connectivity index (χ2n) is 5.17. The zero-order valence-electron chi connectivity index (χ0n) is 22.3. The second kappa shape index (κ2) is 27.4. The van der Waals surface area contributed by atoms with Crippen LogP contribution in [0.2, 0.25) is 0 Å². The van der Waals surface area contributed by atoms with Crippen LogP contribution in [0.1, 0.15) is 86.8 Å². The highest BCUT2D eigenvalue weighted by atomic mass is 14.2.